The van der Waals surface area contributed by atoms with E-state index in [0.29, 0.717) is 0 Å². The van der Waals surface area contributed by atoms with Gasteiger partial charge in [-0.3, -0.25) is 4.40 Å². The smallest absolute Gasteiger partial charge is 0.146 e. The van der Waals surface area contributed by atoms with Crippen molar-refractivity contribution in [2.75, 3.05) is 0 Å². The van der Waals surface area contributed by atoms with E-state index in [1.807, 2.05) is 0 Å². The van der Waals surface area contributed by atoms with Crippen molar-refractivity contribution in [1.29, 1.82) is 0 Å². The zero-order chi connectivity index (χ0) is 26.9. The molecule has 190 valence electrons. The number of benzene rings is 6. The minimum atomic E-state index is 0.952. The van der Waals surface area contributed by atoms with Crippen LogP contribution >= 0.6 is 0 Å². The van der Waals surface area contributed by atoms with E-state index in [0.717, 1.165) is 50.1 Å². The molecule has 0 fully saturated rings. The summed E-state index contributed by atoms with van der Waals surface area (Å²) in [6.45, 7) is 0. The molecule has 6 aromatic carbocycles. The molecule has 3 nitrogen and oxygen atoms in total. The number of para-hydroxylation sites is 2. The first-order chi connectivity index (χ1) is 20.3. The zero-order valence-electron chi connectivity index (χ0n) is 22.1. The molecule has 9 aromatic rings. The molecule has 0 aliphatic carbocycles. The molecule has 3 heteroatoms. The van der Waals surface area contributed by atoms with Crippen LogP contribution in [0.25, 0.3) is 82.4 Å². The summed E-state index contributed by atoms with van der Waals surface area (Å²) in [5.74, 6) is 0. The summed E-state index contributed by atoms with van der Waals surface area (Å²) >= 11 is 0. The molecule has 0 unspecified atom stereocenters. The van der Waals surface area contributed by atoms with Crippen LogP contribution in [0.3, 0.4) is 0 Å². The Balaban J connectivity index is 1.33. The number of imidazole rings is 1. The van der Waals surface area contributed by atoms with E-state index in [1.165, 1.54) is 32.3 Å². The van der Waals surface area contributed by atoms with Gasteiger partial charge in [-0.15, -0.1) is 0 Å². The fourth-order valence-electron chi connectivity index (χ4n) is 6.39. The predicted molar refractivity (Wildman–Crippen MR) is 171 cm³/mol. The van der Waals surface area contributed by atoms with Crippen LogP contribution in [0, 0.1) is 0 Å². The fourth-order valence-corrected chi connectivity index (χ4v) is 6.39. The van der Waals surface area contributed by atoms with Gasteiger partial charge in [-0.1, -0.05) is 97.1 Å². The molecule has 0 saturated heterocycles. The van der Waals surface area contributed by atoms with Crippen molar-refractivity contribution >= 4 is 59.9 Å². The molecule has 0 bridgehead atoms. The van der Waals surface area contributed by atoms with E-state index < -0.39 is 0 Å². The van der Waals surface area contributed by atoms with Crippen molar-refractivity contribution in [3.63, 3.8) is 0 Å². The van der Waals surface area contributed by atoms with Crippen molar-refractivity contribution in [3.8, 4) is 22.5 Å². The van der Waals surface area contributed by atoms with E-state index in [2.05, 4.69) is 144 Å². The van der Waals surface area contributed by atoms with Gasteiger partial charge in [-0.25, -0.2) is 9.97 Å². The SMILES string of the molecule is c1cc(-c2ccc3ccccc3c2)nc(-c2ccc3c4c5ccccc5ccc4c4nc5ccccc5n4c3c2)c1. The van der Waals surface area contributed by atoms with Gasteiger partial charge in [-0.2, -0.15) is 0 Å². The molecule has 0 spiro atoms. The second-order valence-electron chi connectivity index (χ2n) is 10.7. The molecule has 0 N–H and O–H groups in total. The van der Waals surface area contributed by atoms with Crippen molar-refractivity contribution in [1.82, 2.24) is 14.4 Å². The molecular formula is C38H23N3. The zero-order valence-corrected chi connectivity index (χ0v) is 22.1. The van der Waals surface area contributed by atoms with Crippen LogP contribution in [-0.2, 0) is 0 Å². The van der Waals surface area contributed by atoms with E-state index >= 15 is 0 Å². The molecule has 0 aliphatic heterocycles. The fraction of sp³-hybridized carbons (Fsp3) is 0. The molecule has 0 aliphatic rings. The third kappa shape index (κ3) is 3.33. The average Bonchev–Trinajstić information content (AvgIpc) is 3.44. The second kappa shape index (κ2) is 8.48. The maximum absolute atomic E-state index is 5.14. The van der Waals surface area contributed by atoms with Crippen LogP contribution in [0.1, 0.15) is 0 Å². The Morgan fingerprint density at radius 3 is 2.00 bits per heavy atom. The van der Waals surface area contributed by atoms with Gasteiger partial charge < -0.3 is 0 Å². The highest BCUT2D eigenvalue weighted by Gasteiger charge is 2.16. The number of pyridine rings is 2. The van der Waals surface area contributed by atoms with Gasteiger partial charge in [0.25, 0.3) is 0 Å². The summed E-state index contributed by atoms with van der Waals surface area (Å²) in [5, 5.41) is 8.54. The summed E-state index contributed by atoms with van der Waals surface area (Å²) in [6, 6.07) is 49.5. The van der Waals surface area contributed by atoms with Crippen LogP contribution < -0.4 is 0 Å². The first-order valence-corrected chi connectivity index (χ1v) is 13.9. The van der Waals surface area contributed by atoms with Gasteiger partial charge >= 0.3 is 0 Å². The quantitative estimate of drug-likeness (QED) is 0.212. The number of nitrogens with zero attached hydrogens (tertiary/aromatic N) is 3. The standard InChI is InChI=1S/C38H23N3/c1-2-10-26-22-27(17-16-24(26)8-1)32-13-7-14-33(39-32)28-19-20-30-36(23-28)41-35-15-6-5-12-34(35)40-38(41)31-21-18-25-9-3-4-11-29(25)37(30)31/h1-23H. The molecule has 0 amide bonds. The molecular weight excluding hydrogens is 498 g/mol. The third-order valence-electron chi connectivity index (χ3n) is 8.33. The van der Waals surface area contributed by atoms with Gasteiger partial charge in [0, 0.05) is 27.3 Å². The maximum atomic E-state index is 5.14. The van der Waals surface area contributed by atoms with Crippen molar-refractivity contribution in [2.24, 2.45) is 0 Å². The van der Waals surface area contributed by atoms with E-state index in [4.69, 9.17) is 9.97 Å². The molecule has 9 rings (SSSR count). The van der Waals surface area contributed by atoms with Crippen LogP contribution in [0.2, 0.25) is 0 Å². The molecule has 3 heterocycles. The van der Waals surface area contributed by atoms with Gasteiger partial charge in [0.1, 0.15) is 5.65 Å². The van der Waals surface area contributed by atoms with E-state index in [9.17, 15) is 0 Å². The monoisotopic (exact) mass is 521 g/mol. The normalized spacial score (nSPS) is 11.9. The lowest BCUT2D eigenvalue weighted by Crippen LogP contribution is -1.94. The largest absolute Gasteiger partial charge is 0.292 e. The van der Waals surface area contributed by atoms with Crippen LogP contribution in [-0.4, -0.2) is 14.4 Å². The lowest BCUT2D eigenvalue weighted by atomic mass is 9.97. The third-order valence-corrected chi connectivity index (χ3v) is 8.33. The Hall–Kier alpha value is -5.54. The number of fused-ring (bicyclic) bond motifs is 11. The Morgan fingerprint density at radius 1 is 0.415 bits per heavy atom. The van der Waals surface area contributed by atoms with Crippen molar-refractivity contribution in [2.45, 2.75) is 0 Å². The Labute approximate surface area is 236 Å². The Kier molecular flexibility index (Phi) is 4.61. The van der Waals surface area contributed by atoms with Gasteiger partial charge in [0.05, 0.1) is 27.9 Å². The van der Waals surface area contributed by atoms with Gasteiger partial charge in [0.15, 0.2) is 0 Å². The minimum absolute atomic E-state index is 0.952. The molecule has 0 saturated carbocycles. The topological polar surface area (TPSA) is 30.2 Å². The number of hydrogen-bond acceptors (Lipinski definition) is 2. The molecule has 41 heavy (non-hydrogen) atoms. The van der Waals surface area contributed by atoms with E-state index in [1.54, 1.807) is 0 Å². The minimum Gasteiger partial charge on any atom is -0.292 e. The highest BCUT2D eigenvalue weighted by Crippen LogP contribution is 2.38. The van der Waals surface area contributed by atoms with E-state index in [-0.39, 0.29) is 0 Å². The van der Waals surface area contributed by atoms with Crippen LogP contribution in [0.5, 0.6) is 0 Å². The van der Waals surface area contributed by atoms with Gasteiger partial charge in [-0.05, 0) is 64.0 Å². The summed E-state index contributed by atoms with van der Waals surface area (Å²) in [5.41, 5.74) is 8.34. The number of hydrogen-bond donors (Lipinski definition) is 0. The van der Waals surface area contributed by atoms with Crippen molar-refractivity contribution < 1.29 is 0 Å². The average molecular weight is 522 g/mol. The summed E-state index contributed by atoms with van der Waals surface area (Å²) in [6.07, 6.45) is 0. The van der Waals surface area contributed by atoms with Crippen LogP contribution in [0.4, 0.5) is 0 Å². The number of aromatic nitrogens is 3. The first kappa shape index (κ1) is 22.3. The number of rotatable bonds is 2. The summed E-state index contributed by atoms with van der Waals surface area (Å²) in [4.78, 5) is 10.3. The van der Waals surface area contributed by atoms with Crippen molar-refractivity contribution in [3.05, 3.63) is 140 Å². The Bertz CT molecular complexity index is 2490. The van der Waals surface area contributed by atoms with Gasteiger partial charge in [0.2, 0.25) is 0 Å². The lowest BCUT2D eigenvalue weighted by molar-refractivity contribution is 1.30. The molecule has 0 atom stereocenters. The highest BCUT2D eigenvalue weighted by atomic mass is 15.0. The first-order valence-electron chi connectivity index (χ1n) is 13.9. The predicted octanol–water partition coefficient (Wildman–Crippen LogP) is 9.83. The van der Waals surface area contributed by atoms with Crippen LogP contribution in [0.15, 0.2) is 140 Å². The Morgan fingerprint density at radius 2 is 1.10 bits per heavy atom. The molecule has 0 radical (unpaired) electrons. The molecule has 3 aromatic heterocycles. The summed E-state index contributed by atoms with van der Waals surface area (Å²) in [7, 11) is 0. The highest BCUT2D eigenvalue weighted by molar-refractivity contribution is 6.24. The maximum Gasteiger partial charge on any atom is 0.146 e. The second-order valence-corrected chi connectivity index (χ2v) is 10.7. The lowest BCUT2D eigenvalue weighted by Gasteiger charge is -2.13. The summed E-state index contributed by atoms with van der Waals surface area (Å²) < 4.78 is 2.32.